The van der Waals surface area contributed by atoms with Crippen LogP contribution in [0.25, 0.3) is 0 Å². The van der Waals surface area contributed by atoms with E-state index in [1.54, 1.807) is 6.92 Å². The standard InChI is InChI=1S/C24H33N3O6S/c1-3-20-22-21(8-5-15-32-16-6-13-25-23(22)28)27(26-20)14-7-17-33-24(29)18-9-11-19(12-10-18)34(30,31)4-2/h9-12H,3-8,13-17H2,1-2H3,(H,25,28). The van der Waals surface area contributed by atoms with Gasteiger partial charge in [-0.15, -0.1) is 0 Å². The smallest absolute Gasteiger partial charge is 0.338 e. The van der Waals surface area contributed by atoms with Crippen LogP contribution in [0.15, 0.2) is 29.2 Å². The number of aromatic nitrogens is 2. The number of fused-ring (bicyclic) bond motifs is 1. The molecule has 186 valence electrons. The van der Waals surface area contributed by atoms with Crippen molar-refractivity contribution in [3.05, 3.63) is 46.8 Å². The van der Waals surface area contributed by atoms with Gasteiger partial charge >= 0.3 is 5.97 Å². The molecule has 0 aliphatic carbocycles. The van der Waals surface area contributed by atoms with Crippen molar-refractivity contribution >= 4 is 21.7 Å². The van der Waals surface area contributed by atoms with E-state index < -0.39 is 15.8 Å². The van der Waals surface area contributed by atoms with Crippen molar-refractivity contribution < 1.29 is 27.5 Å². The van der Waals surface area contributed by atoms with Gasteiger partial charge in [-0.25, -0.2) is 13.2 Å². The van der Waals surface area contributed by atoms with Crippen LogP contribution in [-0.4, -0.2) is 62.2 Å². The average molecular weight is 492 g/mol. The first-order valence-corrected chi connectivity index (χ1v) is 13.5. The minimum atomic E-state index is -3.31. The lowest BCUT2D eigenvalue weighted by molar-refractivity contribution is 0.0494. The number of nitrogens with one attached hydrogen (secondary N) is 1. The number of carbonyl (C=O) groups excluding carboxylic acids is 2. The van der Waals surface area contributed by atoms with Crippen LogP contribution in [0.2, 0.25) is 0 Å². The molecule has 3 rings (SSSR count). The van der Waals surface area contributed by atoms with Crippen LogP contribution in [0.5, 0.6) is 0 Å². The number of nitrogens with zero attached hydrogens (tertiary/aromatic N) is 2. The molecule has 9 nitrogen and oxygen atoms in total. The van der Waals surface area contributed by atoms with E-state index >= 15 is 0 Å². The molecule has 1 aromatic carbocycles. The second-order valence-electron chi connectivity index (χ2n) is 8.09. The number of aryl methyl sites for hydroxylation is 2. The highest BCUT2D eigenvalue weighted by atomic mass is 32.2. The lowest BCUT2D eigenvalue weighted by Gasteiger charge is -2.10. The average Bonchev–Trinajstić information content (AvgIpc) is 3.18. The van der Waals surface area contributed by atoms with Crippen LogP contribution in [0.1, 0.15) is 65.2 Å². The van der Waals surface area contributed by atoms with Crippen molar-refractivity contribution in [2.75, 3.05) is 32.1 Å². The lowest BCUT2D eigenvalue weighted by atomic mass is 10.1. The maximum absolute atomic E-state index is 12.8. The van der Waals surface area contributed by atoms with Crippen molar-refractivity contribution in [3.8, 4) is 0 Å². The van der Waals surface area contributed by atoms with Gasteiger partial charge in [-0.1, -0.05) is 13.8 Å². The molecule has 0 fully saturated rings. The first-order chi connectivity index (χ1) is 16.4. The fourth-order valence-corrected chi connectivity index (χ4v) is 4.72. The number of hydrogen-bond acceptors (Lipinski definition) is 7. The van der Waals surface area contributed by atoms with Crippen molar-refractivity contribution in [2.45, 2.75) is 57.4 Å². The van der Waals surface area contributed by atoms with Gasteiger partial charge in [0.1, 0.15) is 0 Å². The van der Waals surface area contributed by atoms with Crippen molar-refractivity contribution in [2.24, 2.45) is 0 Å². The number of hydrogen-bond donors (Lipinski definition) is 1. The molecule has 1 N–H and O–H groups in total. The highest BCUT2D eigenvalue weighted by Gasteiger charge is 2.23. The Morgan fingerprint density at radius 2 is 1.91 bits per heavy atom. The number of esters is 1. The first-order valence-electron chi connectivity index (χ1n) is 11.8. The fraction of sp³-hybridized carbons (Fsp3) is 0.542. The molecule has 1 aliphatic heterocycles. The summed E-state index contributed by atoms with van der Waals surface area (Å²) in [4.78, 5) is 25.3. The Balaban J connectivity index is 1.62. The van der Waals surface area contributed by atoms with Crippen molar-refractivity contribution in [1.82, 2.24) is 15.1 Å². The molecular weight excluding hydrogens is 458 g/mol. The maximum atomic E-state index is 12.8. The second-order valence-corrected chi connectivity index (χ2v) is 10.4. The van der Waals surface area contributed by atoms with Gasteiger partial charge in [-0.2, -0.15) is 5.10 Å². The van der Waals surface area contributed by atoms with E-state index in [0.29, 0.717) is 56.7 Å². The summed E-state index contributed by atoms with van der Waals surface area (Å²) in [5.41, 5.74) is 2.61. The summed E-state index contributed by atoms with van der Waals surface area (Å²) in [5.74, 6) is -0.603. The Bertz CT molecular complexity index is 1090. The summed E-state index contributed by atoms with van der Waals surface area (Å²) >= 11 is 0. The molecule has 0 saturated carbocycles. The molecule has 0 atom stereocenters. The Hall–Kier alpha value is -2.72. The Kier molecular flexibility index (Phi) is 9.23. The lowest BCUT2D eigenvalue weighted by Crippen LogP contribution is -2.26. The summed E-state index contributed by atoms with van der Waals surface area (Å²) < 4.78 is 36.7. The molecule has 1 amide bonds. The topological polar surface area (TPSA) is 117 Å². The van der Waals surface area contributed by atoms with Crippen LogP contribution in [0, 0.1) is 0 Å². The zero-order valence-corrected chi connectivity index (χ0v) is 20.7. The van der Waals surface area contributed by atoms with E-state index in [1.165, 1.54) is 24.3 Å². The summed E-state index contributed by atoms with van der Waals surface area (Å²) in [5, 5.41) is 7.62. The van der Waals surface area contributed by atoms with Crippen LogP contribution in [0.3, 0.4) is 0 Å². The molecule has 0 spiro atoms. The third-order valence-corrected chi connectivity index (χ3v) is 7.47. The van der Waals surface area contributed by atoms with Gasteiger partial charge in [0, 0.05) is 32.7 Å². The number of benzene rings is 1. The normalized spacial score (nSPS) is 15.2. The van der Waals surface area contributed by atoms with Crippen LogP contribution in [-0.2, 0) is 38.7 Å². The van der Waals surface area contributed by atoms with E-state index in [4.69, 9.17) is 9.47 Å². The van der Waals surface area contributed by atoms with Gasteiger partial charge in [0.15, 0.2) is 9.84 Å². The molecule has 1 aromatic heterocycles. The summed E-state index contributed by atoms with van der Waals surface area (Å²) in [6.45, 7) is 6.07. The highest BCUT2D eigenvalue weighted by molar-refractivity contribution is 7.91. The predicted molar refractivity (Wildman–Crippen MR) is 127 cm³/mol. The molecule has 2 heterocycles. The fourth-order valence-electron chi connectivity index (χ4n) is 3.84. The zero-order chi connectivity index (χ0) is 24.6. The molecule has 2 aromatic rings. The molecule has 10 heteroatoms. The third-order valence-electron chi connectivity index (χ3n) is 5.72. The zero-order valence-electron chi connectivity index (χ0n) is 19.8. The Morgan fingerprint density at radius 3 is 2.62 bits per heavy atom. The third kappa shape index (κ3) is 6.44. The SMILES string of the molecule is CCc1nn(CCCOC(=O)c2ccc(S(=O)(=O)CC)cc2)c2c1C(=O)NCCCOCCC2. The van der Waals surface area contributed by atoms with E-state index in [-0.39, 0.29) is 23.2 Å². The molecule has 0 unspecified atom stereocenters. The number of amides is 1. The second kappa shape index (κ2) is 12.1. The summed E-state index contributed by atoms with van der Waals surface area (Å²) in [6.07, 6.45) is 3.44. The minimum Gasteiger partial charge on any atom is -0.462 e. The van der Waals surface area contributed by atoms with E-state index in [0.717, 1.165) is 24.2 Å². The van der Waals surface area contributed by atoms with Gasteiger partial charge in [0.25, 0.3) is 5.91 Å². The van der Waals surface area contributed by atoms with Gasteiger partial charge in [-0.3, -0.25) is 9.48 Å². The Morgan fingerprint density at radius 1 is 1.18 bits per heavy atom. The van der Waals surface area contributed by atoms with Crippen LogP contribution in [0.4, 0.5) is 0 Å². The first kappa shape index (κ1) is 25.9. The quantitative estimate of drug-likeness (QED) is 0.446. The van der Waals surface area contributed by atoms with E-state index in [1.807, 2.05) is 11.6 Å². The number of rotatable bonds is 8. The van der Waals surface area contributed by atoms with Crippen molar-refractivity contribution in [3.63, 3.8) is 0 Å². The largest absolute Gasteiger partial charge is 0.462 e. The van der Waals surface area contributed by atoms with Gasteiger partial charge in [-0.05, 0) is 49.9 Å². The van der Waals surface area contributed by atoms with Crippen molar-refractivity contribution in [1.29, 1.82) is 0 Å². The molecule has 0 saturated heterocycles. The monoisotopic (exact) mass is 491 g/mol. The Labute approximate surface area is 200 Å². The molecule has 34 heavy (non-hydrogen) atoms. The molecular formula is C24H33N3O6S. The van der Waals surface area contributed by atoms with Gasteiger partial charge < -0.3 is 14.8 Å². The minimum absolute atomic E-state index is 0.00233. The van der Waals surface area contributed by atoms with E-state index in [2.05, 4.69) is 10.4 Å². The molecule has 1 aliphatic rings. The van der Waals surface area contributed by atoms with Gasteiger partial charge in [0.2, 0.25) is 0 Å². The summed E-state index contributed by atoms with van der Waals surface area (Å²) in [6, 6.07) is 5.77. The molecule has 0 bridgehead atoms. The summed E-state index contributed by atoms with van der Waals surface area (Å²) in [7, 11) is -3.31. The van der Waals surface area contributed by atoms with Crippen LogP contribution < -0.4 is 5.32 Å². The van der Waals surface area contributed by atoms with Crippen LogP contribution >= 0.6 is 0 Å². The maximum Gasteiger partial charge on any atom is 0.338 e. The highest BCUT2D eigenvalue weighted by Crippen LogP contribution is 2.19. The van der Waals surface area contributed by atoms with Gasteiger partial charge in [0.05, 0.1) is 39.8 Å². The van der Waals surface area contributed by atoms with E-state index in [9.17, 15) is 18.0 Å². The molecule has 0 radical (unpaired) electrons. The number of carbonyl (C=O) groups is 2. The predicted octanol–water partition coefficient (Wildman–Crippen LogP) is 2.57. The number of ether oxygens (including phenoxy) is 2. The number of sulfone groups is 1.